The Morgan fingerprint density at radius 2 is 2.20 bits per heavy atom. The predicted octanol–water partition coefficient (Wildman–Crippen LogP) is 2.84. The number of ether oxygens (including phenoxy) is 1. The lowest BCUT2D eigenvalue weighted by Gasteiger charge is -2.05. The Morgan fingerprint density at radius 3 is 2.85 bits per heavy atom. The molecule has 20 heavy (non-hydrogen) atoms. The van der Waals surface area contributed by atoms with Crippen molar-refractivity contribution >= 4 is 16.9 Å². The second-order valence-electron chi connectivity index (χ2n) is 4.45. The van der Waals surface area contributed by atoms with Gasteiger partial charge in [0.25, 0.3) is 0 Å². The standard InChI is InChI=1S/C14H12N2O4/c1-7-6-15-13-9(7)3-8(4-11(13)19-2)10-5-12(14(17)18)20-16-10/h3-6,15H,1-2H3,(H,17,18). The molecule has 0 fully saturated rings. The molecule has 3 aromatic rings. The van der Waals surface area contributed by atoms with Crippen molar-refractivity contribution in [2.45, 2.75) is 6.92 Å². The van der Waals surface area contributed by atoms with E-state index in [4.69, 9.17) is 14.4 Å². The number of aromatic amines is 1. The van der Waals surface area contributed by atoms with E-state index in [0.29, 0.717) is 11.4 Å². The van der Waals surface area contributed by atoms with E-state index in [-0.39, 0.29) is 5.76 Å². The fourth-order valence-corrected chi connectivity index (χ4v) is 2.15. The molecule has 2 aromatic heterocycles. The molecule has 0 atom stereocenters. The van der Waals surface area contributed by atoms with Crippen molar-refractivity contribution < 1.29 is 19.2 Å². The number of carbonyl (C=O) groups is 1. The molecule has 0 amide bonds. The molecule has 3 rings (SSSR count). The van der Waals surface area contributed by atoms with E-state index in [0.717, 1.165) is 22.0 Å². The maximum atomic E-state index is 10.8. The van der Waals surface area contributed by atoms with Crippen LogP contribution in [-0.2, 0) is 0 Å². The average Bonchev–Trinajstić information content (AvgIpc) is 3.05. The first-order valence-electron chi connectivity index (χ1n) is 5.96. The zero-order chi connectivity index (χ0) is 14.3. The fourth-order valence-electron chi connectivity index (χ4n) is 2.15. The Morgan fingerprint density at radius 1 is 1.40 bits per heavy atom. The van der Waals surface area contributed by atoms with Crippen molar-refractivity contribution in [3.63, 3.8) is 0 Å². The summed E-state index contributed by atoms with van der Waals surface area (Å²) in [5.41, 5.74) is 3.18. The highest BCUT2D eigenvalue weighted by atomic mass is 16.5. The molecular formula is C14H12N2O4. The van der Waals surface area contributed by atoms with Crippen LogP contribution in [0.2, 0.25) is 0 Å². The van der Waals surface area contributed by atoms with Crippen LogP contribution < -0.4 is 4.74 Å². The van der Waals surface area contributed by atoms with Gasteiger partial charge in [-0.05, 0) is 24.6 Å². The van der Waals surface area contributed by atoms with Crippen molar-refractivity contribution in [1.82, 2.24) is 10.1 Å². The summed E-state index contributed by atoms with van der Waals surface area (Å²) in [6.07, 6.45) is 1.89. The van der Waals surface area contributed by atoms with Gasteiger partial charge in [0.15, 0.2) is 0 Å². The minimum Gasteiger partial charge on any atom is -0.495 e. The number of H-pyrrole nitrogens is 1. The SMILES string of the molecule is COc1cc(-c2cc(C(=O)O)on2)cc2c(C)c[nH]c12. The normalized spacial score (nSPS) is 10.9. The number of nitrogens with zero attached hydrogens (tertiary/aromatic N) is 1. The lowest BCUT2D eigenvalue weighted by molar-refractivity contribution is 0.0652. The summed E-state index contributed by atoms with van der Waals surface area (Å²) in [6.45, 7) is 1.98. The highest BCUT2D eigenvalue weighted by Gasteiger charge is 2.15. The van der Waals surface area contributed by atoms with Crippen LogP contribution in [0.3, 0.4) is 0 Å². The molecule has 1 aromatic carbocycles. The molecule has 0 saturated heterocycles. The molecule has 0 aliphatic carbocycles. The van der Waals surface area contributed by atoms with Crippen molar-refractivity contribution in [2.75, 3.05) is 7.11 Å². The molecule has 0 bridgehead atoms. The largest absolute Gasteiger partial charge is 0.495 e. The summed E-state index contributed by atoms with van der Waals surface area (Å²) in [6, 6.07) is 5.11. The number of benzene rings is 1. The Kier molecular flexibility index (Phi) is 2.71. The van der Waals surface area contributed by atoms with Gasteiger partial charge in [-0.3, -0.25) is 0 Å². The summed E-state index contributed by atoms with van der Waals surface area (Å²) < 4.78 is 10.1. The van der Waals surface area contributed by atoms with E-state index in [2.05, 4.69) is 10.1 Å². The van der Waals surface area contributed by atoms with Gasteiger partial charge in [0.05, 0.1) is 12.6 Å². The van der Waals surface area contributed by atoms with Crippen LogP contribution >= 0.6 is 0 Å². The molecule has 102 valence electrons. The average molecular weight is 272 g/mol. The lowest BCUT2D eigenvalue weighted by Crippen LogP contribution is -1.91. The molecule has 0 unspecified atom stereocenters. The molecule has 0 aliphatic heterocycles. The number of aromatic nitrogens is 2. The number of aromatic carboxylic acids is 1. The monoisotopic (exact) mass is 272 g/mol. The van der Waals surface area contributed by atoms with Crippen molar-refractivity contribution in [2.24, 2.45) is 0 Å². The van der Waals surface area contributed by atoms with Gasteiger partial charge in [-0.15, -0.1) is 0 Å². The van der Waals surface area contributed by atoms with Gasteiger partial charge < -0.3 is 19.4 Å². The van der Waals surface area contributed by atoms with E-state index in [1.54, 1.807) is 13.2 Å². The molecule has 6 heteroatoms. The molecule has 2 heterocycles. The third-order valence-electron chi connectivity index (χ3n) is 3.20. The summed E-state index contributed by atoms with van der Waals surface area (Å²) in [4.78, 5) is 14.0. The van der Waals surface area contributed by atoms with Crippen LogP contribution in [-0.4, -0.2) is 28.3 Å². The molecule has 0 spiro atoms. The van der Waals surface area contributed by atoms with Gasteiger partial charge >= 0.3 is 5.97 Å². The van der Waals surface area contributed by atoms with Crippen LogP contribution in [0.25, 0.3) is 22.2 Å². The quantitative estimate of drug-likeness (QED) is 0.765. The first-order valence-corrected chi connectivity index (χ1v) is 5.96. The van der Waals surface area contributed by atoms with Gasteiger partial charge in [0.2, 0.25) is 5.76 Å². The minimum atomic E-state index is -1.14. The number of fused-ring (bicyclic) bond motifs is 1. The number of carboxylic acid groups (broad SMARTS) is 1. The third-order valence-corrected chi connectivity index (χ3v) is 3.20. The topological polar surface area (TPSA) is 88.3 Å². The highest BCUT2D eigenvalue weighted by molar-refractivity contribution is 5.93. The Balaban J connectivity index is 2.19. The highest BCUT2D eigenvalue weighted by Crippen LogP contribution is 2.33. The zero-order valence-corrected chi connectivity index (χ0v) is 10.9. The number of nitrogens with one attached hydrogen (secondary N) is 1. The second-order valence-corrected chi connectivity index (χ2v) is 4.45. The molecule has 6 nitrogen and oxygen atoms in total. The van der Waals surface area contributed by atoms with Crippen LogP contribution in [0.15, 0.2) is 28.9 Å². The third kappa shape index (κ3) is 1.82. The van der Waals surface area contributed by atoms with Gasteiger partial charge in [-0.25, -0.2) is 4.79 Å². The maximum absolute atomic E-state index is 10.8. The Hall–Kier alpha value is -2.76. The first-order chi connectivity index (χ1) is 9.60. The van der Waals surface area contributed by atoms with Crippen LogP contribution in [0.4, 0.5) is 0 Å². The van der Waals surface area contributed by atoms with Crippen molar-refractivity contribution in [3.05, 3.63) is 35.7 Å². The minimum absolute atomic E-state index is 0.190. The second kappa shape index (κ2) is 4.41. The van der Waals surface area contributed by atoms with Gasteiger partial charge in [0, 0.05) is 23.2 Å². The first kappa shape index (κ1) is 12.3. The van der Waals surface area contributed by atoms with Crippen LogP contribution in [0.1, 0.15) is 16.1 Å². The van der Waals surface area contributed by atoms with E-state index in [1.807, 2.05) is 19.2 Å². The van der Waals surface area contributed by atoms with Gasteiger partial charge in [0.1, 0.15) is 11.4 Å². The number of methoxy groups -OCH3 is 1. The summed E-state index contributed by atoms with van der Waals surface area (Å²) in [5, 5.41) is 13.6. The molecule has 2 N–H and O–H groups in total. The number of carboxylic acids is 1. The van der Waals surface area contributed by atoms with Crippen LogP contribution in [0.5, 0.6) is 5.75 Å². The van der Waals surface area contributed by atoms with E-state index >= 15 is 0 Å². The van der Waals surface area contributed by atoms with E-state index in [9.17, 15) is 4.79 Å². The molecule has 0 saturated carbocycles. The molecule has 0 radical (unpaired) electrons. The summed E-state index contributed by atoms with van der Waals surface area (Å²) >= 11 is 0. The maximum Gasteiger partial charge on any atom is 0.374 e. The van der Waals surface area contributed by atoms with Crippen LogP contribution in [0, 0.1) is 6.92 Å². The van der Waals surface area contributed by atoms with Gasteiger partial charge in [-0.2, -0.15) is 0 Å². The van der Waals surface area contributed by atoms with E-state index < -0.39 is 5.97 Å². The van der Waals surface area contributed by atoms with Crippen molar-refractivity contribution in [3.8, 4) is 17.0 Å². The van der Waals surface area contributed by atoms with Crippen molar-refractivity contribution in [1.29, 1.82) is 0 Å². The number of hydrogen-bond donors (Lipinski definition) is 2. The molecule has 0 aliphatic rings. The van der Waals surface area contributed by atoms with Gasteiger partial charge in [-0.1, -0.05) is 5.16 Å². The van der Waals surface area contributed by atoms with E-state index in [1.165, 1.54) is 6.07 Å². The zero-order valence-electron chi connectivity index (χ0n) is 10.9. The predicted molar refractivity (Wildman–Crippen MR) is 72.0 cm³/mol. The molecular weight excluding hydrogens is 260 g/mol. The fraction of sp³-hybridized carbons (Fsp3) is 0.143. The number of aryl methyl sites for hydroxylation is 1. The number of hydrogen-bond acceptors (Lipinski definition) is 4. The lowest BCUT2D eigenvalue weighted by atomic mass is 10.1. The smallest absolute Gasteiger partial charge is 0.374 e. The number of rotatable bonds is 3. The summed E-state index contributed by atoms with van der Waals surface area (Å²) in [5.74, 6) is -0.662. The Bertz CT molecular complexity index is 801. The Labute approximate surface area is 114 Å². The summed E-state index contributed by atoms with van der Waals surface area (Å²) in [7, 11) is 1.58.